The zero-order chi connectivity index (χ0) is 27.0. The molecule has 2 aliphatic heterocycles. The predicted octanol–water partition coefficient (Wildman–Crippen LogP) is 5.72. The van der Waals surface area contributed by atoms with E-state index in [1.54, 1.807) is 17.2 Å². The fourth-order valence-electron chi connectivity index (χ4n) is 5.70. The Morgan fingerprint density at radius 1 is 0.974 bits per heavy atom. The van der Waals surface area contributed by atoms with Crippen LogP contribution in [0.4, 0.5) is 16.3 Å². The normalized spacial score (nSPS) is 16.3. The first-order valence-electron chi connectivity index (χ1n) is 13.0. The first kappa shape index (κ1) is 24.8. The van der Waals surface area contributed by atoms with Gasteiger partial charge in [-0.05, 0) is 73.8 Å². The number of likely N-dealkylation sites (tertiary alicyclic amines) is 1. The topological polar surface area (TPSA) is 95.9 Å². The van der Waals surface area contributed by atoms with E-state index in [1.807, 2.05) is 60.7 Å². The van der Waals surface area contributed by atoms with E-state index in [1.165, 1.54) is 6.20 Å². The second-order valence-electron chi connectivity index (χ2n) is 10.1. The highest BCUT2D eigenvalue weighted by Gasteiger charge is 2.53. The summed E-state index contributed by atoms with van der Waals surface area (Å²) >= 11 is 0. The van der Waals surface area contributed by atoms with Crippen LogP contribution in [0.3, 0.4) is 0 Å². The van der Waals surface area contributed by atoms with Gasteiger partial charge in [0.05, 0.1) is 23.0 Å². The summed E-state index contributed by atoms with van der Waals surface area (Å²) in [5.41, 5.74) is 4.95. The predicted molar refractivity (Wildman–Crippen MR) is 147 cm³/mol. The number of benzene rings is 2. The second kappa shape index (κ2) is 9.96. The molecule has 1 fully saturated rings. The van der Waals surface area contributed by atoms with Crippen LogP contribution in [0.15, 0.2) is 85.2 Å². The van der Waals surface area contributed by atoms with Crippen LogP contribution in [0.25, 0.3) is 11.1 Å². The Kier molecular flexibility index (Phi) is 6.32. The summed E-state index contributed by atoms with van der Waals surface area (Å²) in [5, 5.41) is 9.18. The van der Waals surface area contributed by atoms with Gasteiger partial charge in [0.25, 0.3) is 0 Å². The Balaban J connectivity index is 1.32. The Hall–Kier alpha value is -4.56. The van der Waals surface area contributed by atoms with Gasteiger partial charge in [0, 0.05) is 18.3 Å². The summed E-state index contributed by atoms with van der Waals surface area (Å²) in [6.07, 6.45) is 2.93. The van der Waals surface area contributed by atoms with Crippen molar-refractivity contribution in [1.29, 1.82) is 0 Å². The maximum Gasteiger partial charge on any atom is 0.511 e. The molecule has 0 aliphatic carbocycles. The number of hydrogen-bond acceptors (Lipinski definition) is 6. The molecule has 8 heteroatoms. The number of anilines is 2. The third-order valence-corrected chi connectivity index (χ3v) is 7.82. The Bertz CT molecular complexity index is 1530. The number of ether oxygens (including phenoxy) is 1. The van der Waals surface area contributed by atoms with Crippen molar-refractivity contribution in [2.75, 3.05) is 18.0 Å². The van der Waals surface area contributed by atoms with Gasteiger partial charge in [-0.25, -0.2) is 9.78 Å². The van der Waals surface area contributed by atoms with Crippen LogP contribution in [-0.2, 0) is 16.8 Å². The number of piperidine rings is 1. The third-order valence-electron chi connectivity index (χ3n) is 7.82. The Labute approximate surface area is 226 Å². The maximum atomic E-state index is 14.2. The van der Waals surface area contributed by atoms with Crippen molar-refractivity contribution in [3.05, 3.63) is 102 Å². The lowest BCUT2D eigenvalue weighted by atomic mass is 9.74. The molecule has 4 heterocycles. The minimum atomic E-state index is -1.41. The molecule has 0 saturated carbocycles. The van der Waals surface area contributed by atoms with Crippen molar-refractivity contribution in [3.8, 4) is 16.9 Å². The van der Waals surface area contributed by atoms with E-state index >= 15 is 0 Å². The van der Waals surface area contributed by atoms with Gasteiger partial charge in [-0.15, -0.1) is 0 Å². The van der Waals surface area contributed by atoms with E-state index in [9.17, 15) is 14.7 Å². The minimum absolute atomic E-state index is 0.0430. The van der Waals surface area contributed by atoms with Gasteiger partial charge in [0.1, 0.15) is 5.82 Å². The largest absolute Gasteiger partial charge is 0.511 e. The fourth-order valence-corrected chi connectivity index (χ4v) is 5.70. The number of nitrogens with zero attached hydrogens (tertiary/aromatic N) is 4. The number of aromatic nitrogens is 2. The number of hydrogen-bond donors (Lipinski definition) is 1. The van der Waals surface area contributed by atoms with Crippen LogP contribution in [0.5, 0.6) is 5.75 Å². The molecule has 1 amide bonds. The smallest absolute Gasteiger partial charge is 0.449 e. The van der Waals surface area contributed by atoms with Gasteiger partial charge < -0.3 is 9.84 Å². The Morgan fingerprint density at radius 2 is 1.69 bits per heavy atom. The number of carbonyl (C=O) groups excluding carboxylic acids is 1. The summed E-state index contributed by atoms with van der Waals surface area (Å²) < 4.78 is 4.93. The van der Waals surface area contributed by atoms with Crippen molar-refractivity contribution in [3.63, 3.8) is 0 Å². The first-order valence-corrected chi connectivity index (χ1v) is 13.0. The van der Waals surface area contributed by atoms with Crippen LogP contribution in [0, 0.1) is 6.92 Å². The van der Waals surface area contributed by atoms with E-state index in [-0.39, 0.29) is 11.7 Å². The lowest BCUT2D eigenvalue weighted by Crippen LogP contribution is -2.47. The van der Waals surface area contributed by atoms with Gasteiger partial charge >= 0.3 is 6.16 Å². The lowest BCUT2D eigenvalue weighted by molar-refractivity contribution is -0.124. The van der Waals surface area contributed by atoms with E-state index < -0.39 is 11.6 Å². The van der Waals surface area contributed by atoms with Gasteiger partial charge in [-0.2, -0.15) is 0 Å². The molecule has 39 heavy (non-hydrogen) atoms. The maximum absolute atomic E-state index is 14.2. The molecule has 2 aromatic heterocycles. The van der Waals surface area contributed by atoms with Crippen molar-refractivity contribution in [2.45, 2.75) is 31.7 Å². The lowest BCUT2D eigenvalue weighted by Gasteiger charge is -2.38. The van der Waals surface area contributed by atoms with E-state index in [0.717, 1.165) is 34.6 Å². The molecule has 2 aliphatic rings. The summed E-state index contributed by atoms with van der Waals surface area (Å²) in [6.45, 7) is 4.17. The molecule has 1 spiro atoms. The number of fused-ring (bicyclic) bond motifs is 2. The highest BCUT2D eigenvalue weighted by molar-refractivity contribution is 6.12. The second-order valence-corrected chi connectivity index (χ2v) is 10.1. The quantitative estimate of drug-likeness (QED) is 0.336. The molecule has 6 rings (SSSR count). The minimum Gasteiger partial charge on any atom is -0.449 e. The van der Waals surface area contributed by atoms with Gasteiger partial charge in [0.15, 0.2) is 5.75 Å². The standard InChI is InChI=1S/C31H28N4O4/c1-21-6-5-15-32-27(21)20-34-16-13-31(14-17-34)26-18-25(39-30(37)38)19-33-28(26)35(29(31)36)24-11-9-23(10-12-24)22-7-3-2-4-8-22/h2-12,15,18-19H,13-14,16-17,20H2,1H3,(H,37,38). The zero-order valence-corrected chi connectivity index (χ0v) is 21.6. The number of pyridine rings is 2. The fraction of sp³-hybridized carbons (Fsp3) is 0.226. The van der Waals surface area contributed by atoms with Crippen LogP contribution in [-0.4, -0.2) is 45.1 Å². The number of carbonyl (C=O) groups is 2. The molecule has 0 unspecified atom stereocenters. The zero-order valence-electron chi connectivity index (χ0n) is 21.6. The molecule has 8 nitrogen and oxygen atoms in total. The molecule has 1 N–H and O–H groups in total. The summed E-state index contributed by atoms with van der Waals surface area (Å²) in [5.74, 6) is 0.596. The molecule has 1 saturated heterocycles. The Morgan fingerprint density at radius 3 is 2.38 bits per heavy atom. The highest BCUT2D eigenvalue weighted by Crippen LogP contribution is 2.50. The van der Waals surface area contributed by atoms with Crippen LogP contribution in [0.2, 0.25) is 0 Å². The van der Waals surface area contributed by atoms with Gasteiger partial charge in [-0.1, -0.05) is 48.5 Å². The summed E-state index contributed by atoms with van der Waals surface area (Å²) in [4.78, 5) is 38.5. The number of rotatable bonds is 5. The molecular formula is C31H28N4O4. The van der Waals surface area contributed by atoms with Crippen molar-refractivity contribution < 1.29 is 19.4 Å². The number of carboxylic acid groups (broad SMARTS) is 1. The number of amides is 1. The van der Waals surface area contributed by atoms with E-state index in [2.05, 4.69) is 27.9 Å². The van der Waals surface area contributed by atoms with Gasteiger partial charge in [-0.3, -0.25) is 19.6 Å². The molecule has 2 aromatic carbocycles. The highest BCUT2D eigenvalue weighted by atomic mass is 16.7. The van der Waals surface area contributed by atoms with Crippen molar-refractivity contribution >= 4 is 23.6 Å². The van der Waals surface area contributed by atoms with Crippen LogP contribution < -0.4 is 9.64 Å². The van der Waals surface area contributed by atoms with E-state index in [4.69, 9.17) is 4.74 Å². The molecule has 0 radical (unpaired) electrons. The molecule has 0 atom stereocenters. The average Bonchev–Trinajstić information content (AvgIpc) is 3.18. The van der Waals surface area contributed by atoms with Crippen LogP contribution >= 0.6 is 0 Å². The molecule has 4 aromatic rings. The monoisotopic (exact) mass is 520 g/mol. The third kappa shape index (κ3) is 4.53. The summed E-state index contributed by atoms with van der Waals surface area (Å²) in [6, 6.07) is 23.6. The average molecular weight is 521 g/mol. The number of aryl methyl sites for hydroxylation is 1. The summed E-state index contributed by atoms with van der Waals surface area (Å²) in [7, 11) is 0. The van der Waals surface area contributed by atoms with Crippen molar-refractivity contribution in [1.82, 2.24) is 14.9 Å². The molecule has 0 bridgehead atoms. The van der Waals surface area contributed by atoms with Crippen molar-refractivity contribution in [2.24, 2.45) is 0 Å². The molecular weight excluding hydrogens is 492 g/mol. The van der Waals surface area contributed by atoms with E-state index in [0.29, 0.717) is 37.3 Å². The SMILES string of the molecule is Cc1cccnc1CN1CCC2(CC1)C(=O)N(c1ccc(-c3ccccc3)cc1)c1ncc(OC(=O)O)cc12. The van der Waals surface area contributed by atoms with Crippen LogP contribution in [0.1, 0.15) is 29.7 Å². The van der Waals surface area contributed by atoms with Gasteiger partial charge in [0.2, 0.25) is 5.91 Å². The molecule has 196 valence electrons. The first-order chi connectivity index (χ1) is 18.9.